The number of amides is 1. The van der Waals surface area contributed by atoms with E-state index < -0.39 is 0 Å². The Morgan fingerprint density at radius 3 is 2.14 bits per heavy atom. The van der Waals surface area contributed by atoms with E-state index in [9.17, 15) is 13.6 Å². The molecule has 0 bridgehead atoms. The molecule has 0 saturated carbocycles. The lowest BCUT2D eigenvalue weighted by Crippen LogP contribution is -2.24. The van der Waals surface area contributed by atoms with E-state index in [4.69, 9.17) is 0 Å². The Kier molecular flexibility index (Phi) is 5.38. The smallest absolute Gasteiger partial charge is 0.224 e. The van der Waals surface area contributed by atoms with Gasteiger partial charge in [0.2, 0.25) is 5.91 Å². The molecule has 146 valence electrons. The lowest BCUT2D eigenvalue weighted by molar-refractivity contribution is -0.120. The van der Waals surface area contributed by atoms with Crippen molar-refractivity contribution in [2.24, 2.45) is 0 Å². The molecule has 29 heavy (non-hydrogen) atoms. The van der Waals surface area contributed by atoms with E-state index in [1.807, 2.05) is 30.5 Å². The topological polar surface area (TPSA) is 34.0 Å². The van der Waals surface area contributed by atoms with Crippen molar-refractivity contribution in [2.45, 2.75) is 19.5 Å². The Bertz CT molecular complexity index is 1130. The van der Waals surface area contributed by atoms with E-state index in [2.05, 4.69) is 9.88 Å². The first-order valence-corrected chi connectivity index (χ1v) is 9.41. The van der Waals surface area contributed by atoms with Gasteiger partial charge in [0.1, 0.15) is 11.6 Å². The maximum atomic E-state index is 13.2. The molecule has 4 aromatic rings. The van der Waals surface area contributed by atoms with Crippen molar-refractivity contribution < 1.29 is 13.6 Å². The fourth-order valence-electron chi connectivity index (χ4n) is 3.42. The summed E-state index contributed by atoms with van der Waals surface area (Å²) < 4.78 is 28.2. The van der Waals surface area contributed by atoms with Gasteiger partial charge in [-0.1, -0.05) is 42.5 Å². The highest BCUT2D eigenvalue weighted by Gasteiger charge is 2.12. The third-order valence-corrected chi connectivity index (χ3v) is 4.89. The SMILES string of the molecule is O=C(Cc1cn(Cc2ccc(F)cc2)c2ccccc12)NCc1ccc(F)cc1. The first-order chi connectivity index (χ1) is 14.1. The molecule has 0 unspecified atom stereocenters. The molecule has 0 atom stereocenters. The fraction of sp³-hybridized carbons (Fsp3) is 0.125. The van der Waals surface area contributed by atoms with Gasteiger partial charge in [0, 0.05) is 30.2 Å². The average Bonchev–Trinajstić information content (AvgIpc) is 3.07. The van der Waals surface area contributed by atoms with Crippen LogP contribution in [-0.4, -0.2) is 10.5 Å². The van der Waals surface area contributed by atoms with Crippen LogP contribution < -0.4 is 5.32 Å². The molecule has 0 aliphatic carbocycles. The second-order valence-corrected chi connectivity index (χ2v) is 7.01. The van der Waals surface area contributed by atoms with Gasteiger partial charge in [-0.3, -0.25) is 4.79 Å². The molecule has 0 saturated heterocycles. The van der Waals surface area contributed by atoms with Crippen LogP contribution >= 0.6 is 0 Å². The largest absolute Gasteiger partial charge is 0.352 e. The molecule has 0 aliphatic heterocycles. The third kappa shape index (κ3) is 4.51. The predicted octanol–water partition coefficient (Wildman–Crippen LogP) is 4.83. The Balaban J connectivity index is 1.50. The fourth-order valence-corrected chi connectivity index (χ4v) is 3.42. The number of hydrogen-bond donors (Lipinski definition) is 1. The molecule has 4 rings (SSSR count). The van der Waals surface area contributed by atoms with Gasteiger partial charge in [-0.25, -0.2) is 8.78 Å². The second kappa shape index (κ2) is 8.27. The van der Waals surface area contributed by atoms with E-state index in [1.165, 1.54) is 24.3 Å². The van der Waals surface area contributed by atoms with Crippen LogP contribution in [0.1, 0.15) is 16.7 Å². The van der Waals surface area contributed by atoms with E-state index >= 15 is 0 Å². The van der Waals surface area contributed by atoms with Gasteiger partial charge in [-0.05, 0) is 47.0 Å². The molecule has 1 N–H and O–H groups in total. The van der Waals surface area contributed by atoms with Gasteiger partial charge in [0.05, 0.1) is 6.42 Å². The predicted molar refractivity (Wildman–Crippen MR) is 109 cm³/mol. The van der Waals surface area contributed by atoms with Gasteiger partial charge >= 0.3 is 0 Å². The summed E-state index contributed by atoms with van der Waals surface area (Å²) in [6.07, 6.45) is 2.23. The van der Waals surface area contributed by atoms with Crippen LogP contribution in [0.5, 0.6) is 0 Å². The number of fused-ring (bicyclic) bond motifs is 1. The molecule has 0 spiro atoms. The first kappa shape index (κ1) is 18.9. The Morgan fingerprint density at radius 1 is 0.828 bits per heavy atom. The van der Waals surface area contributed by atoms with E-state index in [0.717, 1.165) is 27.6 Å². The number of hydrogen-bond acceptors (Lipinski definition) is 1. The molecule has 3 aromatic carbocycles. The summed E-state index contributed by atoms with van der Waals surface area (Å²) in [6.45, 7) is 0.950. The minimum atomic E-state index is -0.297. The lowest BCUT2D eigenvalue weighted by atomic mass is 10.1. The zero-order chi connectivity index (χ0) is 20.2. The van der Waals surface area contributed by atoms with Crippen LogP contribution in [0, 0.1) is 11.6 Å². The number of carbonyl (C=O) groups is 1. The normalized spacial score (nSPS) is 11.0. The van der Waals surface area contributed by atoms with Crippen LogP contribution in [0.2, 0.25) is 0 Å². The number of aromatic nitrogens is 1. The quantitative estimate of drug-likeness (QED) is 0.503. The lowest BCUT2D eigenvalue weighted by Gasteiger charge is -2.05. The van der Waals surface area contributed by atoms with Crippen LogP contribution in [0.15, 0.2) is 79.0 Å². The maximum absolute atomic E-state index is 13.2. The van der Waals surface area contributed by atoms with Gasteiger partial charge in [0.25, 0.3) is 0 Å². The summed E-state index contributed by atoms with van der Waals surface area (Å²) in [5.74, 6) is -0.655. The van der Waals surface area contributed by atoms with Crippen LogP contribution in [0.25, 0.3) is 10.9 Å². The minimum absolute atomic E-state index is 0.0981. The molecule has 1 heterocycles. The summed E-state index contributed by atoms with van der Waals surface area (Å²) in [7, 11) is 0. The van der Waals surface area contributed by atoms with Crippen molar-refractivity contribution in [3.8, 4) is 0 Å². The first-order valence-electron chi connectivity index (χ1n) is 9.41. The van der Waals surface area contributed by atoms with E-state index in [-0.39, 0.29) is 24.0 Å². The van der Waals surface area contributed by atoms with Crippen LogP contribution in [0.3, 0.4) is 0 Å². The van der Waals surface area contributed by atoms with Gasteiger partial charge in [-0.15, -0.1) is 0 Å². The summed E-state index contributed by atoms with van der Waals surface area (Å²) in [5, 5.41) is 3.90. The van der Waals surface area contributed by atoms with Crippen molar-refractivity contribution in [2.75, 3.05) is 0 Å². The molecule has 0 fully saturated rings. The zero-order valence-electron chi connectivity index (χ0n) is 15.7. The number of para-hydroxylation sites is 1. The molecule has 3 nitrogen and oxygen atoms in total. The highest BCUT2D eigenvalue weighted by molar-refractivity contribution is 5.89. The summed E-state index contributed by atoms with van der Waals surface area (Å²) in [4.78, 5) is 12.5. The number of halogens is 2. The zero-order valence-corrected chi connectivity index (χ0v) is 15.7. The van der Waals surface area contributed by atoms with Crippen molar-refractivity contribution in [3.05, 3.63) is 107 Å². The minimum Gasteiger partial charge on any atom is -0.352 e. The van der Waals surface area contributed by atoms with Crippen LogP contribution in [-0.2, 0) is 24.3 Å². The molecule has 0 radical (unpaired) electrons. The molecule has 5 heteroatoms. The third-order valence-electron chi connectivity index (χ3n) is 4.89. The second-order valence-electron chi connectivity index (χ2n) is 7.01. The van der Waals surface area contributed by atoms with Crippen molar-refractivity contribution in [3.63, 3.8) is 0 Å². The highest BCUT2D eigenvalue weighted by Crippen LogP contribution is 2.23. The number of rotatable bonds is 6. The van der Waals surface area contributed by atoms with E-state index in [1.54, 1.807) is 24.3 Å². The number of carbonyl (C=O) groups excluding carboxylic acids is 1. The Labute approximate surface area is 167 Å². The van der Waals surface area contributed by atoms with Gasteiger partial charge in [0.15, 0.2) is 0 Å². The summed E-state index contributed by atoms with van der Waals surface area (Å²) in [5.41, 5.74) is 3.79. The Hall–Kier alpha value is -3.47. The summed E-state index contributed by atoms with van der Waals surface area (Å²) >= 11 is 0. The Morgan fingerprint density at radius 2 is 1.45 bits per heavy atom. The van der Waals surface area contributed by atoms with Crippen molar-refractivity contribution in [1.29, 1.82) is 0 Å². The molecular weight excluding hydrogens is 370 g/mol. The maximum Gasteiger partial charge on any atom is 0.224 e. The summed E-state index contributed by atoms with van der Waals surface area (Å²) in [6, 6.07) is 20.4. The van der Waals surface area contributed by atoms with E-state index in [0.29, 0.717) is 13.1 Å². The van der Waals surface area contributed by atoms with Crippen LogP contribution in [0.4, 0.5) is 8.78 Å². The molecule has 0 aliphatic rings. The van der Waals surface area contributed by atoms with Gasteiger partial charge < -0.3 is 9.88 Å². The monoisotopic (exact) mass is 390 g/mol. The number of nitrogens with zero attached hydrogens (tertiary/aromatic N) is 1. The number of nitrogens with one attached hydrogen (secondary N) is 1. The number of benzene rings is 3. The highest BCUT2D eigenvalue weighted by atomic mass is 19.1. The molecule has 1 aromatic heterocycles. The van der Waals surface area contributed by atoms with Crippen molar-refractivity contribution >= 4 is 16.8 Å². The van der Waals surface area contributed by atoms with Gasteiger partial charge in [-0.2, -0.15) is 0 Å². The molecular formula is C24H20F2N2O. The van der Waals surface area contributed by atoms with Crippen molar-refractivity contribution in [1.82, 2.24) is 9.88 Å². The standard InChI is InChI=1S/C24H20F2N2O/c25-20-9-5-17(6-10-20)14-27-24(29)13-19-16-28(23-4-2-1-3-22(19)23)15-18-7-11-21(26)12-8-18/h1-12,16H,13-15H2,(H,27,29). The molecule has 1 amide bonds. The average molecular weight is 390 g/mol.